The Labute approximate surface area is 101 Å². The molecule has 0 fully saturated rings. The minimum Gasteiger partial charge on any atom is -0.254 e. The van der Waals surface area contributed by atoms with Crippen LogP contribution in [0, 0.1) is 0 Å². The van der Waals surface area contributed by atoms with E-state index in [0.29, 0.717) is 0 Å². The maximum absolute atomic E-state index is 4.39. The third-order valence-electron chi connectivity index (χ3n) is 2.39. The van der Waals surface area contributed by atoms with Gasteiger partial charge in [0.25, 0.3) is 0 Å². The van der Waals surface area contributed by atoms with Crippen LogP contribution in [0.3, 0.4) is 0 Å². The molecule has 2 heterocycles. The van der Waals surface area contributed by atoms with Crippen molar-refractivity contribution in [3.05, 3.63) is 43.0 Å². The van der Waals surface area contributed by atoms with Crippen LogP contribution in [0.1, 0.15) is 0 Å². The van der Waals surface area contributed by atoms with Gasteiger partial charge in [-0.25, -0.2) is 4.98 Å². The Morgan fingerprint density at radius 2 is 2.07 bits per heavy atom. The van der Waals surface area contributed by atoms with Gasteiger partial charge in [0, 0.05) is 33.2 Å². The Morgan fingerprint density at radius 1 is 1.27 bits per heavy atom. The summed E-state index contributed by atoms with van der Waals surface area (Å²) in [6.45, 7) is 0. The van der Waals surface area contributed by atoms with Gasteiger partial charge in [0.2, 0.25) is 5.52 Å². The summed E-state index contributed by atoms with van der Waals surface area (Å²) >= 11 is 0. The summed E-state index contributed by atoms with van der Waals surface area (Å²) in [6.07, 6.45) is 6.00. The fourth-order valence-corrected chi connectivity index (χ4v) is 1.76. The quantitative estimate of drug-likeness (QED) is 0.551. The molecule has 3 aromatic rings. The van der Waals surface area contributed by atoms with Gasteiger partial charge >= 0.3 is 0 Å². The molecule has 3 nitrogen and oxygen atoms in total. The first-order valence-electron chi connectivity index (χ1n) is 4.56. The third-order valence-corrected chi connectivity index (χ3v) is 2.39. The zero-order valence-electron chi connectivity index (χ0n) is 8.22. The van der Waals surface area contributed by atoms with E-state index in [1.54, 1.807) is 0 Å². The summed E-state index contributed by atoms with van der Waals surface area (Å²) in [6, 6.07) is 8.14. The second-order valence-electron chi connectivity index (χ2n) is 3.45. The van der Waals surface area contributed by atoms with Crippen LogP contribution in [0.15, 0.2) is 43.0 Å². The first-order valence-corrected chi connectivity index (χ1v) is 4.56. The Hall–Kier alpha value is -1.25. The standard InChI is InChI=1S/C11H10N3.Ir/c1-13-7-9-6-12-10-4-2-3-5-11(10)14(9)8-13;/h2-8H,1H3;/q+1;. The van der Waals surface area contributed by atoms with Gasteiger partial charge in [-0.2, -0.15) is 4.40 Å². The number of aromatic nitrogens is 3. The van der Waals surface area contributed by atoms with Crippen molar-refractivity contribution in [3.8, 4) is 0 Å². The zero-order chi connectivity index (χ0) is 9.54. The molecule has 0 atom stereocenters. The van der Waals surface area contributed by atoms with Crippen LogP contribution in [-0.2, 0) is 27.2 Å². The minimum atomic E-state index is 0. The summed E-state index contributed by atoms with van der Waals surface area (Å²) < 4.78 is 4.17. The van der Waals surface area contributed by atoms with Crippen molar-refractivity contribution in [1.29, 1.82) is 0 Å². The molecule has 3 rings (SSSR count). The molecular formula is C11H10IrN3+. The van der Waals surface area contributed by atoms with E-state index in [2.05, 4.69) is 28.0 Å². The Morgan fingerprint density at radius 3 is 2.93 bits per heavy atom. The second kappa shape index (κ2) is 3.72. The van der Waals surface area contributed by atoms with E-state index >= 15 is 0 Å². The van der Waals surface area contributed by atoms with Crippen molar-refractivity contribution >= 4 is 16.6 Å². The van der Waals surface area contributed by atoms with Crippen LogP contribution in [0.5, 0.6) is 0 Å². The van der Waals surface area contributed by atoms with Gasteiger partial charge in [-0.05, 0) is 6.07 Å². The second-order valence-corrected chi connectivity index (χ2v) is 3.45. The molecule has 15 heavy (non-hydrogen) atoms. The predicted octanol–water partition coefficient (Wildman–Crippen LogP) is 2.10. The van der Waals surface area contributed by atoms with Gasteiger partial charge in [0.05, 0.1) is 0 Å². The van der Waals surface area contributed by atoms with Crippen LogP contribution in [0.2, 0.25) is 0 Å². The topological polar surface area (TPSA) is 22.2 Å². The zero-order valence-corrected chi connectivity index (χ0v) is 10.6. The molecule has 4 heteroatoms. The molecule has 0 aliphatic carbocycles. The summed E-state index contributed by atoms with van der Waals surface area (Å²) in [5, 5.41) is 0. The smallest absolute Gasteiger partial charge is 0.202 e. The van der Waals surface area contributed by atoms with Crippen molar-refractivity contribution < 1.29 is 20.1 Å². The number of nitrogens with zero attached hydrogens (tertiary/aromatic N) is 3. The van der Waals surface area contributed by atoms with E-state index in [1.807, 2.05) is 36.0 Å². The Balaban J connectivity index is 0.000000853. The molecule has 0 aliphatic heterocycles. The molecule has 1 aromatic carbocycles. The number of benzene rings is 1. The SMILES string of the molecule is Cn1cc2cnc3ccccc3n2[cH+]1.[Ir]. The fourth-order valence-electron chi connectivity index (χ4n) is 1.76. The molecule has 0 unspecified atom stereocenters. The van der Waals surface area contributed by atoms with E-state index in [1.165, 1.54) is 0 Å². The average Bonchev–Trinajstić information content (AvgIpc) is 2.59. The van der Waals surface area contributed by atoms with Gasteiger partial charge in [-0.3, -0.25) is 4.57 Å². The average molecular weight is 376 g/mol. The van der Waals surface area contributed by atoms with Crippen LogP contribution in [0.25, 0.3) is 16.6 Å². The normalized spacial score (nSPS) is 10.5. The van der Waals surface area contributed by atoms with Crippen LogP contribution in [-0.4, -0.2) is 14.0 Å². The Bertz CT molecular complexity index is 615. The van der Waals surface area contributed by atoms with Crippen molar-refractivity contribution in [2.75, 3.05) is 0 Å². The number of hydrogen-bond acceptors (Lipinski definition) is 1. The molecule has 77 valence electrons. The van der Waals surface area contributed by atoms with Gasteiger partial charge < -0.3 is 0 Å². The number of para-hydroxylation sites is 2. The molecular weight excluding hydrogens is 366 g/mol. The summed E-state index contributed by atoms with van der Waals surface area (Å²) in [7, 11) is 2.02. The molecule has 0 aliphatic rings. The summed E-state index contributed by atoms with van der Waals surface area (Å²) in [5.41, 5.74) is 3.29. The monoisotopic (exact) mass is 377 g/mol. The van der Waals surface area contributed by atoms with Crippen LogP contribution in [0.4, 0.5) is 0 Å². The molecule has 2 aromatic heterocycles. The predicted molar refractivity (Wildman–Crippen MR) is 56.1 cm³/mol. The van der Waals surface area contributed by atoms with E-state index in [0.717, 1.165) is 16.6 Å². The number of aryl methyl sites for hydroxylation is 1. The van der Waals surface area contributed by atoms with E-state index < -0.39 is 0 Å². The van der Waals surface area contributed by atoms with Crippen LogP contribution >= 0.6 is 0 Å². The first kappa shape index (κ1) is 10.3. The van der Waals surface area contributed by atoms with Gasteiger partial charge in [0.1, 0.15) is 17.9 Å². The maximum Gasteiger partial charge on any atom is 0.202 e. The Kier molecular flexibility index (Phi) is 2.55. The van der Waals surface area contributed by atoms with Gasteiger partial charge in [0.15, 0.2) is 11.8 Å². The van der Waals surface area contributed by atoms with Gasteiger partial charge in [-0.15, -0.1) is 0 Å². The maximum atomic E-state index is 4.39. The summed E-state index contributed by atoms with van der Waals surface area (Å²) in [4.78, 5) is 4.39. The number of imidazole rings is 1. The molecule has 0 saturated carbocycles. The summed E-state index contributed by atoms with van der Waals surface area (Å²) in [5.74, 6) is 0. The molecule has 0 saturated heterocycles. The first-order chi connectivity index (χ1) is 6.84. The number of hydrogen-bond donors (Lipinski definition) is 0. The number of rotatable bonds is 0. The van der Waals surface area contributed by atoms with E-state index in [9.17, 15) is 0 Å². The molecule has 1 radical (unpaired) electrons. The third kappa shape index (κ3) is 1.56. The van der Waals surface area contributed by atoms with Crippen molar-refractivity contribution in [1.82, 2.24) is 14.0 Å². The molecule has 0 N–H and O–H groups in total. The molecule has 0 bridgehead atoms. The largest absolute Gasteiger partial charge is 0.254 e. The van der Waals surface area contributed by atoms with Gasteiger partial charge in [-0.1, -0.05) is 12.1 Å². The van der Waals surface area contributed by atoms with E-state index in [-0.39, 0.29) is 20.1 Å². The van der Waals surface area contributed by atoms with Crippen molar-refractivity contribution in [2.24, 2.45) is 7.05 Å². The van der Waals surface area contributed by atoms with Crippen molar-refractivity contribution in [3.63, 3.8) is 0 Å². The molecule has 0 amide bonds. The van der Waals surface area contributed by atoms with E-state index in [4.69, 9.17) is 0 Å². The molecule has 0 spiro atoms. The number of fused-ring (bicyclic) bond motifs is 3. The fraction of sp³-hybridized carbons (Fsp3) is 0.0909. The van der Waals surface area contributed by atoms with Crippen molar-refractivity contribution in [2.45, 2.75) is 0 Å². The van der Waals surface area contributed by atoms with Crippen LogP contribution < -0.4 is 0 Å². The minimum absolute atomic E-state index is 0.